The summed E-state index contributed by atoms with van der Waals surface area (Å²) in [6.07, 6.45) is 0. The number of hydrogen-bond donors (Lipinski definition) is 1. The van der Waals surface area contributed by atoms with Gasteiger partial charge in [0, 0.05) is 14.1 Å². The molecule has 7 nitrogen and oxygen atoms in total. The molecule has 174 valence electrons. The van der Waals surface area contributed by atoms with E-state index in [4.69, 9.17) is 4.74 Å². The van der Waals surface area contributed by atoms with Crippen molar-refractivity contribution in [2.24, 2.45) is 14.1 Å². The standard InChI is InChI=1S/C28H24N4O3/c1-30-25-22(27(33)31(2)28(30)34)24(17-10-5-4-6-11-17)32-21-15-8-7-14-20(21)29-23(26(25)32)18-12-9-13-19(16-18)35-3/h4-16,23,29H,1-3H3/t23-/m0/s1. The van der Waals surface area contributed by atoms with Gasteiger partial charge in [0.15, 0.2) is 0 Å². The van der Waals surface area contributed by atoms with Crippen LogP contribution in [0.5, 0.6) is 5.75 Å². The minimum absolute atomic E-state index is 0.314. The molecule has 1 aliphatic rings. The lowest BCUT2D eigenvalue weighted by atomic mass is 9.99. The average Bonchev–Trinajstić information content (AvgIpc) is 3.27. The number of nitrogens with one attached hydrogen (secondary N) is 1. The minimum Gasteiger partial charge on any atom is -0.497 e. The Morgan fingerprint density at radius 1 is 0.857 bits per heavy atom. The first-order valence-electron chi connectivity index (χ1n) is 11.4. The second kappa shape index (κ2) is 7.77. The number of para-hydroxylation sites is 2. The van der Waals surface area contributed by atoms with Gasteiger partial charge in [-0.25, -0.2) is 4.79 Å². The van der Waals surface area contributed by atoms with E-state index in [1.165, 1.54) is 11.6 Å². The third kappa shape index (κ3) is 2.98. The maximum Gasteiger partial charge on any atom is 0.331 e. The Balaban J connectivity index is 1.85. The number of methoxy groups -OCH3 is 1. The summed E-state index contributed by atoms with van der Waals surface area (Å²) < 4.78 is 10.4. The van der Waals surface area contributed by atoms with E-state index in [0.717, 1.165) is 39.6 Å². The van der Waals surface area contributed by atoms with E-state index >= 15 is 0 Å². The van der Waals surface area contributed by atoms with Crippen molar-refractivity contribution in [3.05, 3.63) is 111 Å². The summed E-state index contributed by atoms with van der Waals surface area (Å²) in [5.41, 5.74) is 5.28. The van der Waals surface area contributed by atoms with Crippen LogP contribution < -0.4 is 21.3 Å². The Morgan fingerprint density at radius 2 is 1.60 bits per heavy atom. The Hall–Kier alpha value is -4.52. The third-order valence-corrected chi connectivity index (χ3v) is 6.80. The summed E-state index contributed by atoms with van der Waals surface area (Å²) in [4.78, 5) is 26.8. The number of ether oxygens (including phenoxy) is 1. The van der Waals surface area contributed by atoms with Crippen molar-refractivity contribution in [1.82, 2.24) is 13.7 Å². The normalized spacial score (nSPS) is 14.3. The van der Waals surface area contributed by atoms with Gasteiger partial charge in [-0.05, 0) is 35.4 Å². The fourth-order valence-corrected chi connectivity index (χ4v) is 5.16. The molecule has 7 heteroatoms. The zero-order chi connectivity index (χ0) is 24.3. The van der Waals surface area contributed by atoms with Gasteiger partial charge in [-0.2, -0.15) is 0 Å². The molecule has 0 spiro atoms. The average molecular weight is 465 g/mol. The Labute approximate surface area is 201 Å². The smallest absolute Gasteiger partial charge is 0.331 e. The molecular weight excluding hydrogens is 440 g/mol. The Morgan fingerprint density at radius 3 is 2.37 bits per heavy atom. The van der Waals surface area contributed by atoms with Crippen molar-refractivity contribution in [2.45, 2.75) is 6.04 Å². The summed E-state index contributed by atoms with van der Waals surface area (Å²) in [6, 6.07) is 25.4. The van der Waals surface area contributed by atoms with E-state index in [9.17, 15) is 9.59 Å². The highest BCUT2D eigenvalue weighted by Crippen LogP contribution is 2.45. The first kappa shape index (κ1) is 21.0. The zero-order valence-electron chi connectivity index (χ0n) is 19.6. The van der Waals surface area contributed by atoms with E-state index in [1.807, 2.05) is 78.9 Å². The van der Waals surface area contributed by atoms with Gasteiger partial charge in [0.1, 0.15) is 5.75 Å². The zero-order valence-corrected chi connectivity index (χ0v) is 19.6. The van der Waals surface area contributed by atoms with Crippen LogP contribution in [0.3, 0.4) is 0 Å². The molecule has 0 amide bonds. The highest BCUT2D eigenvalue weighted by atomic mass is 16.5. The summed E-state index contributed by atoms with van der Waals surface area (Å²) in [5.74, 6) is 0.735. The lowest BCUT2D eigenvalue weighted by molar-refractivity contribution is 0.414. The molecule has 2 aromatic heterocycles. The number of aromatic nitrogens is 3. The first-order valence-corrected chi connectivity index (χ1v) is 11.4. The molecule has 1 aliphatic heterocycles. The van der Waals surface area contributed by atoms with Gasteiger partial charge in [0.2, 0.25) is 0 Å². The number of rotatable bonds is 3. The molecule has 0 fully saturated rings. The van der Waals surface area contributed by atoms with Crippen molar-refractivity contribution < 1.29 is 4.74 Å². The summed E-state index contributed by atoms with van der Waals surface area (Å²) in [7, 11) is 4.89. The van der Waals surface area contributed by atoms with Gasteiger partial charge >= 0.3 is 5.69 Å². The van der Waals surface area contributed by atoms with Crippen molar-refractivity contribution in [3.8, 4) is 22.7 Å². The molecular formula is C28H24N4O3. The summed E-state index contributed by atoms with van der Waals surface area (Å²) in [6.45, 7) is 0. The van der Waals surface area contributed by atoms with Crippen LogP contribution in [-0.4, -0.2) is 20.8 Å². The van der Waals surface area contributed by atoms with Crippen LogP contribution in [0, 0.1) is 0 Å². The van der Waals surface area contributed by atoms with Crippen LogP contribution in [0.2, 0.25) is 0 Å². The van der Waals surface area contributed by atoms with Crippen LogP contribution >= 0.6 is 0 Å². The molecule has 0 bridgehead atoms. The lowest BCUT2D eigenvalue weighted by Gasteiger charge is -2.31. The summed E-state index contributed by atoms with van der Waals surface area (Å²) >= 11 is 0. The molecule has 0 radical (unpaired) electrons. The van der Waals surface area contributed by atoms with E-state index in [2.05, 4.69) is 9.88 Å². The number of benzene rings is 3. The molecule has 3 aromatic carbocycles. The van der Waals surface area contributed by atoms with Gasteiger partial charge in [0.25, 0.3) is 5.56 Å². The molecule has 35 heavy (non-hydrogen) atoms. The lowest BCUT2D eigenvalue weighted by Crippen LogP contribution is -2.37. The van der Waals surface area contributed by atoms with Gasteiger partial charge < -0.3 is 14.6 Å². The maximum atomic E-state index is 13.7. The highest BCUT2D eigenvalue weighted by molar-refractivity contribution is 5.99. The predicted octanol–water partition coefficient (Wildman–Crippen LogP) is 4.22. The predicted molar refractivity (Wildman–Crippen MR) is 138 cm³/mol. The van der Waals surface area contributed by atoms with Crippen molar-refractivity contribution in [1.29, 1.82) is 0 Å². The fraction of sp³-hybridized carbons (Fsp3) is 0.143. The molecule has 1 atom stereocenters. The monoisotopic (exact) mass is 464 g/mol. The second-order valence-electron chi connectivity index (χ2n) is 8.74. The number of fused-ring (bicyclic) bond motifs is 5. The topological polar surface area (TPSA) is 70.2 Å². The number of hydrogen-bond acceptors (Lipinski definition) is 4. The van der Waals surface area contributed by atoms with E-state index in [-0.39, 0.29) is 17.3 Å². The number of nitrogens with zero attached hydrogens (tertiary/aromatic N) is 3. The molecule has 0 saturated carbocycles. The van der Waals surface area contributed by atoms with Crippen LogP contribution in [0.15, 0.2) is 88.5 Å². The highest BCUT2D eigenvalue weighted by Gasteiger charge is 2.34. The van der Waals surface area contributed by atoms with Gasteiger partial charge in [0.05, 0.1) is 46.8 Å². The van der Waals surface area contributed by atoms with Crippen LogP contribution in [0.4, 0.5) is 5.69 Å². The molecule has 3 heterocycles. The summed E-state index contributed by atoms with van der Waals surface area (Å²) in [5, 5.41) is 4.17. The molecule has 5 aromatic rings. The molecule has 0 saturated heterocycles. The quantitative estimate of drug-likeness (QED) is 0.434. The largest absolute Gasteiger partial charge is 0.497 e. The van der Waals surface area contributed by atoms with Gasteiger partial charge in [-0.1, -0.05) is 54.6 Å². The fourth-order valence-electron chi connectivity index (χ4n) is 5.16. The van der Waals surface area contributed by atoms with Crippen molar-refractivity contribution >= 4 is 16.6 Å². The Kier molecular flexibility index (Phi) is 4.67. The number of aryl methyl sites for hydroxylation is 1. The molecule has 1 N–H and O–H groups in total. The first-order chi connectivity index (χ1) is 17.0. The maximum absolute atomic E-state index is 13.7. The molecule has 0 unspecified atom stereocenters. The Bertz CT molecular complexity index is 1730. The van der Waals surface area contributed by atoms with Gasteiger partial charge in [-0.3, -0.25) is 13.9 Å². The molecule has 6 rings (SSSR count). The van der Waals surface area contributed by atoms with Crippen LogP contribution in [0.25, 0.3) is 27.8 Å². The van der Waals surface area contributed by atoms with Gasteiger partial charge in [-0.15, -0.1) is 0 Å². The third-order valence-electron chi connectivity index (χ3n) is 6.80. The number of anilines is 1. The van der Waals surface area contributed by atoms with E-state index in [0.29, 0.717) is 10.9 Å². The van der Waals surface area contributed by atoms with E-state index in [1.54, 1.807) is 18.7 Å². The minimum atomic E-state index is -0.362. The van der Waals surface area contributed by atoms with Crippen LogP contribution in [-0.2, 0) is 14.1 Å². The second-order valence-corrected chi connectivity index (χ2v) is 8.74. The SMILES string of the molecule is COc1cccc([C@@H]2Nc3ccccc3-n3c(-c4ccccc4)c4c(=O)n(C)c(=O)n(C)c4c32)c1. The van der Waals surface area contributed by atoms with Crippen molar-refractivity contribution in [3.63, 3.8) is 0 Å². The van der Waals surface area contributed by atoms with Crippen LogP contribution in [0.1, 0.15) is 17.3 Å². The molecule has 0 aliphatic carbocycles. The van der Waals surface area contributed by atoms with Crippen molar-refractivity contribution in [2.75, 3.05) is 12.4 Å². The van der Waals surface area contributed by atoms with E-state index < -0.39 is 0 Å².